The lowest BCUT2D eigenvalue weighted by Crippen LogP contribution is -2.36. The van der Waals surface area contributed by atoms with Gasteiger partial charge in [0, 0.05) is 12.8 Å². The molecule has 0 atom stereocenters. The highest BCUT2D eigenvalue weighted by molar-refractivity contribution is 7.92. The molecule has 1 aromatic rings. The molecule has 220 valence electrons. The molecule has 39 heavy (non-hydrogen) atoms. The summed E-state index contributed by atoms with van der Waals surface area (Å²) in [7, 11) is -3.76. The molecule has 8 heteroatoms. The maximum absolute atomic E-state index is 13.7. The molecule has 0 amide bonds. The van der Waals surface area contributed by atoms with Gasteiger partial charge in [-0.25, -0.2) is 15.0 Å². The van der Waals surface area contributed by atoms with E-state index in [1.807, 2.05) is 33.8 Å². The number of carbonyl (C=O) groups is 2. The van der Waals surface area contributed by atoms with Crippen LogP contribution in [0.25, 0.3) is 4.85 Å². The Morgan fingerprint density at radius 2 is 1.15 bits per heavy atom. The number of sulfone groups is 1. The standard InChI is InChI=1S/C31H49NO6S/c1-8-37-27(33)29(3,4)21-15-11-17-23-31(32-7,39(35,36)25-26-19-13-10-14-20-26)24-18-12-16-22-30(5,6)28(34)38-9-2/h10,13-14,19-20H,8-9,11-12,15-18,21-25H2,1-6H3. The molecule has 0 radical (unpaired) electrons. The Bertz CT molecular complexity index is 1000. The molecule has 0 aromatic heterocycles. The molecule has 0 aliphatic carbocycles. The molecule has 0 N–H and O–H groups in total. The summed E-state index contributed by atoms with van der Waals surface area (Å²) in [5.74, 6) is -0.615. The van der Waals surface area contributed by atoms with Crippen LogP contribution >= 0.6 is 0 Å². The predicted octanol–water partition coefficient (Wildman–Crippen LogP) is 7.30. The van der Waals surface area contributed by atoms with Crippen molar-refractivity contribution >= 4 is 21.8 Å². The van der Waals surface area contributed by atoms with Crippen LogP contribution in [0.3, 0.4) is 0 Å². The fraction of sp³-hybridized carbons (Fsp3) is 0.710. The number of nitrogens with zero attached hydrogens (tertiary/aromatic N) is 1. The minimum atomic E-state index is -3.76. The van der Waals surface area contributed by atoms with Gasteiger partial charge in [-0.2, -0.15) is 0 Å². The Balaban J connectivity index is 2.87. The molecule has 1 aromatic carbocycles. The second-order valence-electron chi connectivity index (χ2n) is 11.6. The summed E-state index contributed by atoms with van der Waals surface area (Å²) in [6.07, 6.45) is 5.95. The largest absolute Gasteiger partial charge is 0.466 e. The summed E-state index contributed by atoms with van der Waals surface area (Å²) in [5, 5.41) is 0. The van der Waals surface area contributed by atoms with Gasteiger partial charge in [0.1, 0.15) is 0 Å². The number of hydrogen-bond donors (Lipinski definition) is 0. The minimum absolute atomic E-state index is 0.165. The first-order chi connectivity index (χ1) is 18.3. The molecule has 7 nitrogen and oxygen atoms in total. The van der Waals surface area contributed by atoms with Gasteiger partial charge in [0.15, 0.2) is 0 Å². The Kier molecular flexibility index (Phi) is 14.2. The van der Waals surface area contributed by atoms with Crippen LogP contribution in [-0.2, 0) is 34.7 Å². The third kappa shape index (κ3) is 10.9. The van der Waals surface area contributed by atoms with E-state index in [0.717, 1.165) is 25.7 Å². The fourth-order valence-electron chi connectivity index (χ4n) is 4.69. The molecule has 0 saturated carbocycles. The van der Waals surface area contributed by atoms with Gasteiger partial charge < -0.3 is 9.47 Å². The third-order valence-electron chi connectivity index (χ3n) is 7.38. The van der Waals surface area contributed by atoms with E-state index in [2.05, 4.69) is 4.85 Å². The number of esters is 2. The third-order valence-corrected chi connectivity index (χ3v) is 9.75. The number of unbranched alkanes of at least 4 members (excludes halogenated alkanes) is 4. The summed E-state index contributed by atoms with van der Waals surface area (Å²) in [5.41, 5.74) is -0.509. The van der Waals surface area contributed by atoms with E-state index in [0.29, 0.717) is 44.5 Å². The second kappa shape index (κ2) is 16.0. The topological polar surface area (TPSA) is 91.1 Å². The van der Waals surface area contributed by atoms with Crippen molar-refractivity contribution in [3.05, 3.63) is 47.3 Å². The van der Waals surface area contributed by atoms with E-state index in [1.165, 1.54) is 0 Å². The Hall–Kier alpha value is -2.40. The molecule has 0 saturated heterocycles. The Labute approximate surface area is 236 Å². The molecule has 0 aliphatic rings. The number of hydrogen-bond acceptors (Lipinski definition) is 6. The summed E-state index contributed by atoms with van der Waals surface area (Å²) < 4.78 is 37.7. The van der Waals surface area contributed by atoms with Gasteiger partial charge in [0.25, 0.3) is 0 Å². The summed E-state index contributed by atoms with van der Waals surface area (Å²) in [4.78, 5) is 26.7. The summed E-state index contributed by atoms with van der Waals surface area (Å²) in [6.45, 7) is 19.7. The molecule has 0 bridgehead atoms. The smallest absolute Gasteiger partial charge is 0.329 e. The van der Waals surface area contributed by atoms with Crippen molar-refractivity contribution in [3.8, 4) is 0 Å². The summed E-state index contributed by atoms with van der Waals surface area (Å²) >= 11 is 0. The highest BCUT2D eigenvalue weighted by atomic mass is 32.2. The van der Waals surface area contributed by atoms with Crippen LogP contribution in [0.15, 0.2) is 30.3 Å². The molecular formula is C31H49NO6S. The lowest BCUT2D eigenvalue weighted by molar-refractivity contribution is -0.154. The number of ether oxygens (including phenoxy) is 2. The van der Waals surface area contributed by atoms with Crippen molar-refractivity contribution in [2.75, 3.05) is 13.2 Å². The zero-order valence-corrected chi connectivity index (χ0v) is 25.7. The van der Waals surface area contributed by atoms with Gasteiger partial charge in [0.05, 0.1) is 29.8 Å². The van der Waals surface area contributed by atoms with Crippen molar-refractivity contribution in [2.24, 2.45) is 10.8 Å². The first-order valence-electron chi connectivity index (χ1n) is 14.3. The minimum Gasteiger partial charge on any atom is -0.466 e. The highest BCUT2D eigenvalue weighted by Gasteiger charge is 2.49. The normalized spacial score (nSPS) is 12.5. The lowest BCUT2D eigenvalue weighted by Gasteiger charge is -2.24. The summed E-state index contributed by atoms with van der Waals surface area (Å²) in [6, 6.07) is 9.01. The van der Waals surface area contributed by atoms with Gasteiger partial charge in [-0.1, -0.05) is 56.0 Å². The number of benzene rings is 1. The van der Waals surface area contributed by atoms with Crippen LogP contribution < -0.4 is 0 Å². The Morgan fingerprint density at radius 3 is 1.54 bits per heavy atom. The monoisotopic (exact) mass is 563 g/mol. The van der Waals surface area contributed by atoms with Gasteiger partial charge >= 0.3 is 16.8 Å². The van der Waals surface area contributed by atoms with Gasteiger partial charge in [0.2, 0.25) is 9.84 Å². The first kappa shape index (κ1) is 34.6. The van der Waals surface area contributed by atoms with Crippen LogP contribution in [0.4, 0.5) is 0 Å². The quantitative estimate of drug-likeness (QED) is 0.0997. The zero-order chi connectivity index (χ0) is 29.6. The number of rotatable bonds is 19. The second-order valence-corrected chi connectivity index (χ2v) is 13.9. The van der Waals surface area contributed by atoms with E-state index in [4.69, 9.17) is 16.0 Å². The van der Waals surface area contributed by atoms with Crippen molar-refractivity contribution in [3.63, 3.8) is 0 Å². The molecule has 0 spiro atoms. The molecular weight excluding hydrogens is 514 g/mol. The fourth-order valence-corrected chi connectivity index (χ4v) is 6.64. The first-order valence-corrected chi connectivity index (χ1v) is 15.9. The SMILES string of the molecule is [C-]#[N+]C(CCCCCC(C)(C)C(=O)OCC)(CCCCCC(C)(C)C(=O)OCC)S(=O)(=O)Cc1ccccc1. The van der Waals surface area contributed by atoms with E-state index in [-0.39, 0.29) is 30.5 Å². The number of carbonyl (C=O) groups excluding carboxylic acids is 2. The molecule has 0 aliphatic heterocycles. The maximum Gasteiger partial charge on any atom is 0.329 e. The van der Waals surface area contributed by atoms with E-state index >= 15 is 0 Å². The van der Waals surface area contributed by atoms with E-state index in [9.17, 15) is 18.0 Å². The van der Waals surface area contributed by atoms with Crippen LogP contribution in [0.2, 0.25) is 0 Å². The molecule has 0 fully saturated rings. The lowest BCUT2D eigenvalue weighted by atomic mass is 9.86. The molecule has 1 rings (SSSR count). The van der Waals surface area contributed by atoms with Crippen LogP contribution in [-0.4, -0.2) is 38.4 Å². The Morgan fingerprint density at radius 1 is 0.744 bits per heavy atom. The van der Waals surface area contributed by atoms with Gasteiger partial charge in [-0.3, -0.25) is 14.4 Å². The maximum atomic E-state index is 13.7. The molecule has 0 heterocycles. The highest BCUT2D eigenvalue weighted by Crippen LogP contribution is 2.36. The van der Waals surface area contributed by atoms with Gasteiger partial charge in [-0.05, 0) is 72.8 Å². The van der Waals surface area contributed by atoms with Crippen LogP contribution in [0, 0.1) is 17.4 Å². The van der Waals surface area contributed by atoms with Gasteiger partial charge in [-0.15, -0.1) is 0 Å². The van der Waals surface area contributed by atoms with Crippen molar-refractivity contribution in [1.82, 2.24) is 0 Å². The zero-order valence-electron chi connectivity index (χ0n) is 24.9. The van der Waals surface area contributed by atoms with Crippen LogP contribution in [0.5, 0.6) is 0 Å². The van der Waals surface area contributed by atoms with E-state index in [1.54, 1.807) is 38.1 Å². The van der Waals surface area contributed by atoms with Crippen LogP contribution in [0.1, 0.15) is 111 Å². The average Bonchev–Trinajstić information content (AvgIpc) is 2.87. The van der Waals surface area contributed by atoms with Crippen molar-refractivity contribution in [1.29, 1.82) is 0 Å². The molecule has 0 unspecified atom stereocenters. The van der Waals surface area contributed by atoms with E-state index < -0.39 is 25.5 Å². The average molecular weight is 564 g/mol. The van der Waals surface area contributed by atoms with Crippen molar-refractivity contribution in [2.45, 2.75) is 116 Å². The predicted molar refractivity (Wildman–Crippen MR) is 155 cm³/mol. The van der Waals surface area contributed by atoms with Crippen molar-refractivity contribution < 1.29 is 27.5 Å².